The van der Waals surface area contributed by atoms with Crippen LogP contribution in [0, 0.1) is 0 Å². The Labute approximate surface area is 138 Å². The topological polar surface area (TPSA) is 92.7 Å². The van der Waals surface area contributed by atoms with Crippen LogP contribution < -0.4 is 10.9 Å². The second-order valence-corrected chi connectivity index (χ2v) is 5.34. The first kappa shape index (κ1) is 16.7. The Balaban J connectivity index is 1.85. The number of halogens is 3. The van der Waals surface area contributed by atoms with Gasteiger partial charge in [0, 0.05) is 17.1 Å². The number of alkyl halides is 3. The van der Waals surface area contributed by atoms with Crippen molar-refractivity contribution in [2.45, 2.75) is 19.1 Å². The zero-order chi connectivity index (χ0) is 18.2. The van der Waals surface area contributed by atoms with Crippen LogP contribution in [0.2, 0.25) is 0 Å². The molecular formula is C15H12F3N5O2. The van der Waals surface area contributed by atoms with E-state index in [1.807, 2.05) is 0 Å². The molecule has 10 heteroatoms. The first-order valence-electron chi connectivity index (χ1n) is 7.17. The molecule has 3 rings (SSSR count). The molecule has 1 unspecified atom stereocenters. The number of carbonyl (C=O) groups is 1. The van der Waals surface area contributed by atoms with Gasteiger partial charge in [-0.1, -0.05) is 0 Å². The van der Waals surface area contributed by atoms with Gasteiger partial charge < -0.3 is 5.32 Å². The fourth-order valence-corrected chi connectivity index (χ4v) is 2.23. The molecule has 25 heavy (non-hydrogen) atoms. The minimum atomic E-state index is -4.71. The molecule has 0 saturated heterocycles. The molecular weight excluding hydrogens is 339 g/mol. The zero-order valence-corrected chi connectivity index (χ0v) is 12.8. The van der Waals surface area contributed by atoms with Gasteiger partial charge in [0.2, 0.25) is 5.91 Å². The molecule has 0 aliphatic carbocycles. The van der Waals surface area contributed by atoms with Crippen molar-refractivity contribution < 1.29 is 18.0 Å². The van der Waals surface area contributed by atoms with Crippen molar-refractivity contribution in [2.75, 3.05) is 5.32 Å². The third-order valence-corrected chi connectivity index (χ3v) is 3.57. The van der Waals surface area contributed by atoms with E-state index in [0.29, 0.717) is 22.0 Å². The Bertz CT molecular complexity index is 992. The van der Waals surface area contributed by atoms with Gasteiger partial charge >= 0.3 is 6.18 Å². The van der Waals surface area contributed by atoms with Gasteiger partial charge in [0.25, 0.3) is 5.56 Å². The second-order valence-electron chi connectivity index (χ2n) is 5.34. The van der Waals surface area contributed by atoms with E-state index in [4.69, 9.17) is 0 Å². The monoisotopic (exact) mass is 351 g/mol. The van der Waals surface area contributed by atoms with E-state index in [1.54, 1.807) is 24.4 Å². The minimum absolute atomic E-state index is 0.411. The number of hydrogen-bond donors (Lipinski definition) is 2. The third-order valence-electron chi connectivity index (χ3n) is 3.57. The number of benzene rings is 1. The molecule has 0 radical (unpaired) electrons. The third kappa shape index (κ3) is 3.37. The standard InChI is InChI=1S/C15H12F3N5O2/c1-8(23-13(24)5-4-12(22-23)15(16,17)18)14(25)20-10-3-2-9-7-19-21-11(9)6-10/h2-8H,1H3,(H,19,21)(H,20,25). The van der Waals surface area contributed by atoms with Crippen molar-refractivity contribution in [3.05, 3.63) is 52.6 Å². The molecule has 1 atom stereocenters. The molecule has 0 bridgehead atoms. The van der Waals surface area contributed by atoms with E-state index in [1.165, 1.54) is 6.92 Å². The summed E-state index contributed by atoms with van der Waals surface area (Å²) in [4.78, 5) is 24.1. The summed E-state index contributed by atoms with van der Waals surface area (Å²) in [6.45, 7) is 1.29. The maximum atomic E-state index is 12.7. The Kier molecular flexibility index (Phi) is 4.03. The van der Waals surface area contributed by atoms with Gasteiger partial charge in [-0.3, -0.25) is 14.7 Å². The lowest BCUT2D eigenvalue weighted by molar-refractivity contribution is -0.142. The van der Waals surface area contributed by atoms with Crippen LogP contribution >= 0.6 is 0 Å². The smallest absolute Gasteiger partial charge is 0.324 e. The van der Waals surface area contributed by atoms with Crippen molar-refractivity contribution in [3.63, 3.8) is 0 Å². The van der Waals surface area contributed by atoms with Crippen molar-refractivity contribution in [3.8, 4) is 0 Å². The maximum absolute atomic E-state index is 12.7. The molecule has 2 aromatic heterocycles. The number of hydrogen-bond acceptors (Lipinski definition) is 4. The number of aromatic nitrogens is 4. The van der Waals surface area contributed by atoms with E-state index < -0.39 is 29.4 Å². The number of amides is 1. The summed E-state index contributed by atoms with van der Waals surface area (Å²) in [5.74, 6) is -0.673. The molecule has 1 amide bonds. The predicted octanol–water partition coefficient (Wildman–Crippen LogP) is 2.34. The number of rotatable bonds is 3. The highest BCUT2D eigenvalue weighted by Crippen LogP contribution is 2.26. The molecule has 0 fully saturated rings. The van der Waals surface area contributed by atoms with Crippen LogP contribution in [0.3, 0.4) is 0 Å². The molecule has 130 valence electrons. The second kappa shape index (κ2) is 6.04. The van der Waals surface area contributed by atoms with Crippen molar-refractivity contribution >= 4 is 22.5 Å². The molecule has 2 N–H and O–H groups in total. The van der Waals surface area contributed by atoms with Gasteiger partial charge in [0.05, 0.1) is 11.7 Å². The van der Waals surface area contributed by atoms with Crippen molar-refractivity contribution in [1.82, 2.24) is 20.0 Å². The average Bonchev–Trinajstić information content (AvgIpc) is 3.01. The van der Waals surface area contributed by atoms with Crippen LogP contribution in [0.5, 0.6) is 0 Å². The van der Waals surface area contributed by atoms with Gasteiger partial charge in [-0.25, -0.2) is 4.68 Å². The van der Waals surface area contributed by atoms with Gasteiger partial charge in [-0.2, -0.15) is 23.4 Å². The predicted molar refractivity (Wildman–Crippen MR) is 82.9 cm³/mol. The number of H-pyrrole nitrogens is 1. The summed E-state index contributed by atoms with van der Waals surface area (Å²) >= 11 is 0. The van der Waals surface area contributed by atoms with Gasteiger partial charge in [0.1, 0.15) is 6.04 Å². The first-order chi connectivity index (χ1) is 11.8. The van der Waals surface area contributed by atoms with Crippen LogP contribution in [0.1, 0.15) is 18.7 Å². The van der Waals surface area contributed by atoms with Crippen molar-refractivity contribution in [2.24, 2.45) is 0 Å². The fourth-order valence-electron chi connectivity index (χ4n) is 2.23. The molecule has 7 nitrogen and oxygen atoms in total. The molecule has 1 aromatic carbocycles. The number of nitrogens with zero attached hydrogens (tertiary/aromatic N) is 3. The van der Waals surface area contributed by atoms with Gasteiger partial charge in [-0.05, 0) is 31.2 Å². The van der Waals surface area contributed by atoms with Gasteiger partial charge in [0.15, 0.2) is 5.69 Å². The van der Waals surface area contributed by atoms with E-state index in [0.717, 1.165) is 11.5 Å². The number of aromatic amines is 1. The lowest BCUT2D eigenvalue weighted by Crippen LogP contribution is -2.34. The van der Waals surface area contributed by atoms with Crippen LogP contribution in [-0.4, -0.2) is 25.9 Å². The molecule has 0 aliphatic heterocycles. The Hall–Kier alpha value is -3.17. The maximum Gasteiger partial charge on any atom is 0.435 e. The van der Waals surface area contributed by atoms with E-state index >= 15 is 0 Å². The molecule has 0 saturated carbocycles. The lowest BCUT2D eigenvalue weighted by atomic mass is 10.2. The first-order valence-corrected chi connectivity index (χ1v) is 7.17. The Morgan fingerprint density at radius 3 is 2.76 bits per heavy atom. The number of fused-ring (bicyclic) bond motifs is 1. The average molecular weight is 351 g/mol. The number of anilines is 1. The summed E-state index contributed by atoms with van der Waals surface area (Å²) in [6, 6.07) is 5.03. The van der Waals surface area contributed by atoms with Crippen LogP contribution in [-0.2, 0) is 11.0 Å². The molecule has 0 aliphatic rings. The van der Waals surface area contributed by atoms with Gasteiger partial charge in [-0.15, -0.1) is 0 Å². The van der Waals surface area contributed by atoms with Crippen LogP contribution in [0.15, 0.2) is 41.3 Å². The van der Waals surface area contributed by atoms with Crippen molar-refractivity contribution in [1.29, 1.82) is 0 Å². The molecule has 0 spiro atoms. The van der Waals surface area contributed by atoms with E-state index in [9.17, 15) is 22.8 Å². The van der Waals surface area contributed by atoms with Crippen LogP contribution in [0.25, 0.3) is 10.9 Å². The van der Waals surface area contributed by atoms with E-state index in [-0.39, 0.29) is 0 Å². The Morgan fingerprint density at radius 2 is 2.04 bits per heavy atom. The highest BCUT2D eigenvalue weighted by molar-refractivity contribution is 5.95. The minimum Gasteiger partial charge on any atom is -0.324 e. The normalized spacial score (nSPS) is 13.0. The van der Waals surface area contributed by atoms with E-state index in [2.05, 4.69) is 20.6 Å². The molecule has 3 aromatic rings. The summed E-state index contributed by atoms with van der Waals surface area (Å²) < 4.78 is 38.7. The zero-order valence-electron chi connectivity index (χ0n) is 12.8. The highest BCUT2D eigenvalue weighted by Gasteiger charge is 2.34. The summed E-state index contributed by atoms with van der Waals surface area (Å²) in [6.07, 6.45) is -3.10. The lowest BCUT2D eigenvalue weighted by Gasteiger charge is -2.15. The fraction of sp³-hybridized carbons (Fsp3) is 0.200. The SMILES string of the molecule is CC(C(=O)Nc1ccc2cn[nH]c2c1)n1nc(C(F)(F)F)ccc1=O. The quantitative estimate of drug-likeness (QED) is 0.757. The highest BCUT2D eigenvalue weighted by atomic mass is 19.4. The summed E-state index contributed by atoms with van der Waals surface area (Å²) in [7, 11) is 0. The largest absolute Gasteiger partial charge is 0.435 e. The molecule has 2 heterocycles. The Morgan fingerprint density at radius 1 is 1.28 bits per heavy atom. The summed E-state index contributed by atoms with van der Waals surface area (Å²) in [5, 5.41) is 13.2. The summed E-state index contributed by atoms with van der Waals surface area (Å²) in [5.41, 5.74) is -0.960. The number of carbonyl (C=O) groups excluding carboxylic acids is 1. The number of nitrogens with one attached hydrogen (secondary N) is 2. The van der Waals surface area contributed by atoms with Crippen LogP contribution in [0.4, 0.5) is 18.9 Å².